The number of rotatable bonds is 8. The summed E-state index contributed by atoms with van der Waals surface area (Å²) in [4.78, 5) is 2.56. The average molecular weight is 378 g/mol. The Morgan fingerprint density at radius 1 is 0.448 bits per heavy atom. The van der Waals surface area contributed by atoms with Crippen LogP contribution in [0.15, 0.2) is 121 Å². The van der Waals surface area contributed by atoms with Gasteiger partial charge in [-0.3, -0.25) is 4.90 Å². The van der Waals surface area contributed by atoms with E-state index in [1.54, 1.807) is 0 Å². The molecule has 0 heterocycles. The highest BCUT2D eigenvalue weighted by Crippen LogP contribution is 2.27. The Kier molecular flexibility index (Phi) is 6.52. The molecule has 0 saturated carbocycles. The van der Waals surface area contributed by atoms with E-state index in [1.165, 1.54) is 22.3 Å². The van der Waals surface area contributed by atoms with Gasteiger partial charge >= 0.3 is 0 Å². The Bertz CT molecular complexity index is 885. The Morgan fingerprint density at radius 3 is 1.17 bits per heavy atom. The van der Waals surface area contributed by atoms with Crippen molar-refractivity contribution in [2.45, 2.75) is 19.0 Å². The van der Waals surface area contributed by atoms with E-state index >= 15 is 0 Å². The second kappa shape index (κ2) is 9.86. The molecule has 29 heavy (non-hydrogen) atoms. The topological polar surface area (TPSA) is 3.24 Å². The van der Waals surface area contributed by atoms with Gasteiger partial charge in [-0.2, -0.15) is 0 Å². The van der Waals surface area contributed by atoms with Gasteiger partial charge in [0.25, 0.3) is 0 Å². The SMILES string of the molecule is c1ccc(CN(Cc2ccccc2)CC(c2ccccc2)c2ccccc2)cc1. The van der Waals surface area contributed by atoms with Crippen LogP contribution >= 0.6 is 0 Å². The molecule has 144 valence electrons. The molecule has 0 fully saturated rings. The zero-order chi connectivity index (χ0) is 19.7. The first-order valence-electron chi connectivity index (χ1n) is 10.3. The van der Waals surface area contributed by atoms with Gasteiger partial charge in [0.1, 0.15) is 0 Å². The number of benzene rings is 4. The summed E-state index contributed by atoms with van der Waals surface area (Å²) in [7, 11) is 0. The summed E-state index contributed by atoms with van der Waals surface area (Å²) < 4.78 is 0. The minimum atomic E-state index is 0.338. The van der Waals surface area contributed by atoms with Crippen molar-refractivity contribution >= 4 is 0 Å². The van der Waals surface area contributed by atoms with Gasteiger partial charge in [-0.15, -0.1) is 0 Å². The van der Waals surface area contributed by atoms with Crippen LogP contribution in [0.1, 0.15) is 28.2 Å². The summed E-state index contributed by atoms with van der Waals surface area (Å²) in [6.45, 7) is 2.84. The fourth-order valence-corrected chi connectivity index (χ4v) is 3.90. The molecule has 4 rings (SSSR count). The van der Waals surface area contributed by atoms with E-state index in [0.717, 1.165) is 19.6 Å². The van der Waals surface area contributed by atoms with Gasteiger partial charge < -0.3 is 0 Å². The summed E-state index contributed by atoms with van der Waals surface area (Å²) in [5.74, 6) is 0.338. The average Bonchev–Trinajstić information content (AvgIpc) is 2.80. The van der Waals surface area contributed by atoms with Gasteiger partial charge in [0.15, 0.2) is 0 Å². The van der Waals surface area contributed by atoms with Crippen molar-refractivity contribution in [2.24, 2.45) is 0 Å². The van der Waals surface area contributed by atoms with Crippen LogP contribution < -0.4 is 0 Å². The smallest absolute Gasteiger partial charge is 0.0237 e. The van der Waals surface area contributed by atoms with Crippen LogP contribution in [-0.4, -0.2) is 11.4 Å². The Hall–Kier alpha value is -3.16. The highest BCUT2D eigenvalue weighted by atomic mass is 15.1. The van der Waals surface area contributed by atoms with Crippen LogP contribution in [0.5, 0.6) is 0 Å². The third-order valence-electron chi connectivity index (χ3n) is 5.34. The van der Waals surface area contributed by atoms with E-state index in [0.29, 0.717) is 5.92 Å². The predicted octanol–water partition coefficient (Wildman–Crippen LogP) is 6.52. The third kappa shape index (κ3) is 5.43. The van der Waals surface area contributed by atoms with Crippen molar-refractivity contribution < 1.29 is 0 Å². The Labute approximate surface area is 174 Å². The first-order valence-corrected chi connectivity index (χ1v) is 10.3. The number of hydrogen-bond donors (Lipinski definition) is 0. The largest absolute Gasteiger partial charge is 0.294 e. The molecule has 0 radical (unpaired) electrons. The van der Waals surface area contributed by atoms with Crippen LogP contribution in [0.25, 0.3) is 0 Å². The van der Waals surface area contributed by atoms with Gasteiger partial charge in [-0.1, -0.05) is 121 Å². The molecule has 0 aromatic heterocycles. The second-order valence-electron chi connectivity index (χ2n) is 7.51. The maximum Gasteiger partial charge on any atom is 0.0237 e. The molecule has 0 N–H and O–H groups in total. The van der Waals surface area contributed by atoms with Gasteiger partial charge in [0, 0.05) is 25.6 Å². The molecule has 1 heteroatoms. The lowest BCUT2D eigenvalue weighted by Gasteiger charge is -2.28. The van der Waals surface area contributed by atoms with Crippen molar-refractivity contribution in [1.82, 2.24) is 4.90 Å². The van der Waals surface area contributed by atoms with Crippen molar-refractivity contribution in [3.05, 3.63) is 144 Å². The lowest BCUT2D eigenvalue weighted by atomic mass is 9.90. The summed E-state index contributed by atoms with van der Waals surface area (Å²) in [5, 5.41) is 0. The molecule has 0 aliphatic carbocycles. The van der Waals surface area contributed by atoms with Crippen LogP contribution in [-0.2, 0) is 13.1 Å². The zero-order valence-electron chi connectivity index (χ0n) is 16.7. The maximum absolute atomic E-state index is 2.56. The second-order valence-corrected chi connectivity index (χ2v) is 7.51. The van der Waals surface area contributed by atoms with E-state index in [1.807, 2.05) is 0 Å². The van der Waals surface area contributed by atoms with Gasteiger partial charge in [0.05, 0.1) is 0 Å². The summed E-state index contributed by atoms with van der Waals surface area (Å²) in [6.07, 6.45) is 0. The lowest BCUT2D eigenvalue weighted by molar-refractivity contribution is 0.248. The van der Waals surface area contributed by atoms with Crippen molar-refractivity contribution in [3.8, 4) is 0 Å². The molecule has 0 amide bonds. The molecule has 4 aromatic rings. The highest BCUT2D eigenvalue weighted by Gasteiger charge is 2.18. The fraction of sp³-hybridized carbons (Fsp3) is 0.143. The first kappa shape index (κ1) is 19.2. The minimum absolute atomic E-state index is 0.338. The van der Waals surface area contributed by atoms with Gasteiger partial charge in [-0.05, 0) is 22.3 Å². The molecule has 4 aromatic carbocycles. The molecule has 0 aliphatic rings. The van der Waals surface area contributed by atoms with Crippen LogP contribution in [0.2, 0.25) is 0 Å². The molecular formula is C28H27N. The molecule has 0 saturated heterocycles. The van der Waals surface area contributed by atoms with E-state index in [2.05, 4.69) is 126 Å². The highest BCUT2D eigenvalue weighted by molar-refractivity contribution is 5.33. The van der Waals surface area contributed by atoms with E-state index in [4.69, 9.17) is 0 Å². The molecule has 0 aliphatic heterocycles. The molecule has 0 atom stereocenters. The summed E-state index contributed by atoms with van der Waals surface area (Å²) >= 11 is 0. The Balaban J connectivity index is 1.64. The molecule has 0 spiro atoms. The fourth-order valence-electron chi connectivity index (χ4n) is 3.90. The van der Waals surface area contributed by atoms with E-state index in [9.17, 15) is 0 Å². The molecule has 0 unspecified atom stereocenters. The number of nitrogens with zero attached hydrogens (tertiary/aromatic N) is 1. The quantitative estimate of drug-likeness (QED) is 0.338. The van der Waals surface area contributed by atoms with Gasteiger partial charge in [-0.25, -0.2) is 0 Å². The van der Waals surface area contributed by atoms with Crippen LogP contribution in [0.3, 0.4) is 0 Å². The maximum atomic E-state index is 2.56. The lowest BCUT2D eigenvalue weighted by Crippen LogP contribution is -2.28. The van der Waals surface area contributed by atoms with E-state index < -0.39 is 0 Å². The number of hydrogen-bond acceptors (Lipinski definition) is 1. The summed E-state index contributed by atoms with van der Waals surface area (Å²) in [5.41, 5.74) is 5.43. The normalized spacial score (nSPS) is 11.1. The van der Waals surface area contributed by atoms with Crippen molar-refractivity contribution in [2.75, 3.05) is 6.54 Å². The monoisotopic (exact) mass is 377 g/mol. The first-order chi connectivity index (χ1) is 14.4. The molecule has 0 bridgehead atoms. The third-order valence-corrected chi connectivity index (χ3v) is 5.34. The van der Waals surface area contributed by atoms with Crippen LogP contribution in [0, 0.1) is 0 Å². The standard InChI is InChI=1S/C28H27N/c1-5-13-24(14-6-1)21-29(22-25-15-7-2-8-16-25)23-28(26-17-9-3-10-18-26)27-19-11-4-12-20-27/h1-20,28H,21-23H2. The van der Waals surface area contributed by atoms with Crippen molar-refractivity contribution in [3.63, 3.8) is 0 Å². The van der Waals surface area contributed by atoms with E-state index in [-0.39, 0.29) is 0 Å². The Morgan fingerprint density at radius 2 is 0.793 bits per heavy atom. The van der Waals surface area contributed by atoms with Crippen LogP contribution in [0.4, 0.5) is 0 Å². The van der Waals surface area contributed by atoms with Gasteiger partial charge in [0.2, 0.25) is 0 Å². The molecule has 1 nitrogen and oxygen atoms in total. The summed E-state index contributed by atoms with van der Waals surface area (Å²) in [6, 6.07) is 43.3. The minimum Gasteiger partial charge on any atom is -0.294 e. The predicted molar refractivity (Wildman–Crippen MR) is 122 cm³/mol. The molecular weight excluding hydrogens is 350 g/mol. The van der Waals surface area contributed by atoms with Crippen molar-refractivity contribution in [1.29, 1.82) is 0 Å². The zero-order valence-corrected chi connectivity index (χ0v) is 16.7.